The lowest BCUT2D eigenvalue weighted by Gasteiger charge is -2.29. The molecule has 0 unspecified atom stereocenters. The molecule has 0 atom stereocenters. The number of hydrogen-bond acceptors (Lipinski definition) is 7. The van der Waals surface area contributed by atoms with Crippen molar-refractivity contribution in [3.8, 4) is 11.3 Å². The number of nitrogens with zero attached hydrogens (tertiary/aromatic N) is 6. The molecular weight excluding hydrogens is 503 g/mol. The van der Waals surface area contributed by atoms with Gasteiger partial charge in [0.05, 0.1) is 24.1 Å². The number of aryl methyl sites for hydroxylation is 2. The summed E-state index contributed by atoms with van der Waals surface area (Å²) >= 11 is 0. The molecule has 0 aliphatic heterocycles. The Morgan fingerprint density at radius 3 is 2.38 bits per heavy atom. The van der Waals surface area contributed by atoms with Crippen molar-refractivity contribution in [2.45, 2.75) is 59.3 Å². The number of anilines is 1. The molecule has 0 aliphatic carbocycles. The number of pyridine rings is 1. The lowest BCUT2D eigenvalue weighted by molar-refractivity contribution is -0.260. The van der Waals surface area contributed by atoms with Gasteiger partial charge in [-0.15, -0.1) is 0 Å². The maximum absolute atomic E-state index is 14.7. The number of benzene rings is 1. The van der Waals surface area contributed by atoms with Crippen LogP contribution in [0, 0.1) is 5.82 Å². The molecule has 3 heterocycles. The van der Waals surface area contributed by atoms with Gasteiger partial charge >= 0.3 is 6.09 Å². The summed E-state index contributed by atoms with van der Waals surface area (Å²) in [5.74, 6) is -0.118. The molecule has 0 radical (unpaired) electrons. The molecule has 10 nitrogen and oxygen atoms in total. The first-order valence-corrected chi connectivity index (χ1v) is 12.5. The Bertz CT molecular complexity index is 1590. The monoisotopic (exact) mass is 537 g/mol. The molecule has 39 heavy (non-hydrogen) atoms. The minimum Gasteiger partial charge on any atom is -0.595 e. The second-order valence-corrected chi connectivity index (χ2v) is 11.5. The van der Waals surface area contributed by atoms with E-state index >= 15 is 0 Å². The average Bonchev–Trinajstić information content (AvgIpc) is 3.34. The summed E-state index contributed by atoms with van der Waals surface area (Å²) in [6.45, 7) is 10.6. The van der Waals surface area contributed by atoms with Crippen LogP contribution in [0.5, 0.6) is 0 Å². The SMILES string of the molecule is CN(C(=O)OC(C)(C)C)c1nc2c(cc(-c3cc(F)cc(CN=C([O-])OC(C)(C)C)c3)n2C)c2c1ncn2C. The summed E-state index contributed by atoms with van der Waals surface area (Å²) in [5, 5.41) is 12.8. The minimum atomic E-state index is -0.706. The molecule has 0 saturated heterocycles. The maximum atomic E-state index is 14.7. The summed E-state index contributed by atoms with van der Waals surface area (Å²) in [6.07, 6.45) is 0.394. The zero-order valence-electron chi connectivity index (χ0n) is 23.8. The lowest BCUT2D eigenvalue weighted by Crippen LogP contribution is -2.34. The first-order chi connectivity index (χ1) is 18.0. The number of aliphatic imine (C=N–C) groups is 1. The van der Waals surface area contributed by atoms with Gasteiger partial charge in [0.1, 0.15) is 28.7 Å². The van der Waals surface area contributed by atoms with Gasteiger partial charge in [-0.2, -0.15) is 0 Å². The van der Waals surface area contributed by atoms with Gasteiger partial charge < -0.3 is 23.7 Å². The van der Waals surface area contributed by atoms with E-state index in [1.165, 1.54) is 17.0 Å². The maximum Gasteiger partial charge on any atom is 0.415 e. The third-order valence-electron chi connectivity index (χ3n) is 5.84. The van der Waals surface area contributed by atoms with Crippen LogP contribution < -0.4 is 10.0 Å². The third-order valence-corrected chi connectivity index (χ3v) is 5.84. The van der Waals surface area contributed by atoms with E-state index in [9.17, 15) is 14.3 Å². The van der Waals surface area contributed by atoms with Crippen LogP contribution in [0.2, 0.25) is 0 Å². The highest BCUT2D eigenvalue weighted by molar-refractivity contribution is 6.10. The molecule has 0 aliphatic rings. The van der Waals surface area contributed by atoms with Crippen LogP contribution in [0.15, 0.2) is 35.6 Å². The van der Waals surface area contributed by atoms with Gasteiger partial charge in [-0.25, -0.2) is 19.2 Å². The summed E-state index contributed by atoms with van der Waals surface area (Å²) in [5.41, 5.74) is 2.33. The number of carbonyl (C=O) groups is 1. The standard InChI is InChI=1S/C28H35FN6O4/c1-27(2,3)38-25(36)30-14-16-10-17(12-18(29)11-16)20-13-19-22-21(31-15-33(22)7)24(32-23(19)34(20)8)35(9)26(37)39-28(4,5)6/h10-13,15H,14H2,1-9H3,(H,30,36)/p-1. The van der Waals surface area contributed by atoms with E-state index in [2.05, 4.69) is 9.98 Å². The van der Waals surface area contributed by atoms with Crippen molar-refractivity contribution in [3.05, 3.63) is 42.0 Å². The number of imidazole rings is 1. The minimum absolute atomic E-state index is 0.0291. The molecule has 0 bridgehead atoms. The predicted octanol–water partition coefficient (Wildman–Crippen LogP) is 4.67. The van der Waals surface area contributed by atoms with Gasteiger partial charge in [0.2, 0.25) is 0 Å². The molecule has 0 saturated carbocycles. The van der Waals surface area contributed by atoms with Crippen molar-refractivity contribution in [3.63, 3.8) is 0 Å². The summed E-state index contributed by atoms with van der Waals surface area (Å²) in [6, 6.07) is 6.44. The Kier molecular flexibility index (Phi) is 7.05. The van der Waals surface area contributed by atoms with Crippen molar-refractivity contribution in [1.82, 2.24) is 19.1 Å². The molecule has 0 fully saturated rings. The van der Waals surface area contributed by atoms with Crippen molar-refractivity contribution >= 4 is 40.1 Å². The van der Waals surface area contributed by atoms with Gasteiger partial charge in [-0.05, 0) is 50.6 Å². The zero-order valence-corrected chi connectivity index (χ0v) is 23.8. The van der Waals surface area contributed by atoms with Gasteiger partial charge in [-0.3, -0.25) is 9.89 Å². The van der Waals surface area contributed by atoms with Crippen molar-refractivity contribution < 1.29 is 23.8 Å². The highest BCUT2D eigenvalue weighted by atomic mass is 19.1. The number of fused-ring (bicyclic) bond motifs is 3. The molecule has 0 N–H and O–H groups in total. The van der Waals surface area contributed by atoms with E-state index < -0.39 is 29.2 Å². The largest absolute Gasteiger partial charge is 0.595 e. The molecular formula is C28H34FN6O4-. The zero-order chi connectivity index (χ0) is 28.9. The Morgan fingerprint density at radius 1 is 1.08 bits per heavy atom. The first kappa shape index (κ1) is 27.9. The van der Waals surface area contributed by atoms with E-state index in [1.807, 2.05) is 29.3 Å². The molecule has 1 aromatic carbocycles. The highest BCUT2D eigenvalue weighted by Gasteiger charge is 2.26. The van der Waals surface area contributed by atoms with E-state index in [0.29, 0.717) is 33.8 Å². The van der Waals surface area contributed by atoms with E-state index in [4.69, 9.17) is 14.5 Å². The van der Waals surface area contributed by atoms with Crippen LogP contribution in [-0.4, -0.2) is 49.5 Å². The quantitative estimate of drug-likeness (QED) is 0.276. The van der Waals surface area contributed by atoms with Crippen LogP contribution in [0.1, 0.15) is 47.1 Å². The van der Waals surface area contributed by atoms with Crippen molar-refractivity contribution in [1.29, 1.82) is 0 Å². The number of aromatic nitrogens is 4. The normalized spacial score (nSPS) is 12.8. The fourth-order valence-electron chi connectivity index (χ4n) is 4.23. The van der Waals surface area contributed by atoms with Crippen LogP contribution >= 0.6 is 0 Å². The smallest absolute Gasteiger partial charge is 0.415 e. The Hall–Kier alpha value is -4.15. The van der Waals surface area contributed by atoms with E-state index in [1.54, 1.807) is 61.0 Å². The van der Waals surface area contributed by atoms with Crippen LogP contribution in [0.25, 0.3) is 33.3 Å². The number of amides is 1. The van der Waals surface area contributed by atoms with Crippen molar-refractivity contribution in [2.24, 2.45) is 19.1 Å². The van der Waals surface area contributed by atoms with E-state index in [-0.39, 0.29) is 6.54 Å². The Morgan fingerprint density at radius 2 is 1.74 bits per heavy atom. The summed E-state index contributed by atoms with van der Waals surface area (Å²) < 4.78 is 29.2. The fraction of sp³-hybridized carbons (Fsp3) is 0.429. The number of ether oxygens (including phenoxy) is 2. The topological polar surface area (TPSA) is 110 Å². The van der Waals surface area contributed by atoms with Gasteiger partial charge in [-0.1, -0.05) is 20.8 Å². The van der Waals surface area contributed by atoms with Crippen LogP contribution in [-0.2, 0) is 30.1 Å². The number of rotatable bonds is 4. The fourth-order valence-corrected chi connectivity index (χ4v) is 4.23. The highest BCUT2D eigenvalue weighted by Crippen LogP contribution is 2.35. The molecule has 4 rings (SSSR count). The van der Waals surface area contributed by atoms with Gasteiger partial charge in [0.15, 0.2) is 5.82 Å². The second kappa shape index (κ2) is 9.87. The van der Waals surface area contributed by atoms with Crippen LogP contribution in [0.3, 0.4) is 0 Å². The average molecular weight is 538 g/mol. The van der Waals surface area contributed by atoms with Gasteiger partial charge in [0.25, 0.3) is 0 Å². The van der Waals surface area contributed by atoms with Gasteiger partial charge in [0, 0.05) is 37.7 Å². The molecule has 11 heteroatoms. The number of hydrogen-bond donors (Lipinski definition) is 0. The number of halogens is 1. The molecule has 4 aromatic rings. The molecule has 3 aromatic heterocycles. The lowest BCUT2D eigenvalue weighted by atomic mass is 10.1. The first-order valence-electron chi connectivity index (χ1n) is 12.5. The van der Waals surface area contributed by atoms with E-state index in [0.717, 1.165) is 10.9 Å². The van der Waals surface area contributed by atoms with Crippen molar-refractivity contribution in [2.75, 3.05) is 11.9 Å². The summed E-state index contributed by atoms with van der Waals surface area (Å²) in [4.78, 5) is 27.4. The predicted molar refractivity (Wildman–Crippen MR) is 147 cm³/mol. The third kappa shape index (κ3) is 5.97. The molecule has 0 spiro atoms. The Labute approximate surface area is 226 Å². The van der Waals surface area contributed by atoms with Crippen LogP contribution in [0.4, 0.5) is 15.0 Å². The Balaban J connectivity index is 1.80. The second-order valence-electron chi connectivity index (χ2n) is 11.5. The number of carbonyl (C=O) groups excluding carboxylic acids is 1. The molecule has 208 valence electrons. The molecule has 1 amide bonds. The summed E-state index contributed by atoms with van der Waals surface area (Å²) in [7, 11) is 5.27.